The smallest absolute Gasteiger partial charge is 0.230 e. The van der Waals surface area contributed by atoms with E-state index in [1.54, 1.807) is 11.3 Å². The van der Waals surface area contributed by atoms with Crippen LogP contribution in [0.2, 0.25) is 0 Å². The summed E-state index contributed by atoms with van der Waals surface area (Å²) >= 11 is 2.95. The van der Waals surface area contributed by atoms with Crippen LogP contribution in [0.3, 0.4) is 0 Å². The van der Waals surface area contributed by atoms with E-state index in [2.05, 4.69) is 12.2 Å². The Labute approximate surface area is 115 Å². The summed E-state index contributed by atoms with van der Waals surface area (Å²) in [5.41, 5.74) is 0. The van der Waals surface area contributed by atoms with Crippen LogP contribution in [-0.2, 0) is 11.2 Å². The van der Waals surface area contributed by atoms with Crippen LogP contribution in [0.4, 0.5) is 0 Å². The molecule has 0 spiro atoms. The summed E-state index contributed by atoms with van der Waals surface area (Å²) in [4.78, 5) is 25.3. The maximum atomic E-state index is 11.8. The summed E-state index contributed by atoms with van der Waals surface area (Å²) in [6.07, 6.45) is 3.17. The highest BCUT2D eigenvalue weighted by Crippen LogP contribution is 2.20. The zero-order valence-corrected chi connectivity index (χ0v) is 12.0. The monoisotopic (exact) mass is 283 g/mol. The molecule has 2 rings (SSSR count). The van der Waals surface area contributed by atoms with Gasteiger partial charge in [0.25, 0.3) is 0 Å². The number of hydrogen-bond donors (Lipinski definition) is 1. The van der Waals surface area contributed by atoms with Crippen LogP contribution in [0.5, 0.6) is 0 Å². The molecule has 0 radical (unpaired) electrons. The first-order valence-electron chi connectivity index (χ1n) is 6.18. The van der Waals surface area contributed by atoms with Crippen LogP contribution in [0.15, 0.2) is 12.1 Å². The highest BCUT2D eigenvalue weighted by Gasteiger charge is 2.23. The van der Waals surface area contributed by atoms with Crippen LogP contribution in [-0.4, -0.2) is 29.2 Å². The largest absolute Gasteiger partial charge is 0.353 e. The number of ketones is 1. The Hall–Kier alpha value is -0.810. The molecule has 98 valence electrons. The lowest BCUT2D eigenvalue weighted by atomic mass is 10.3. The fourth-order valence-electron chi connectivity index (χ4n) is 1.52. The second-order valence-electron chi connectivity index (χ2n) is 4.38. The maximum Gasteiger partial charge on any atom is 0.230 e. The van der Waals surface area contributed by atoms with Gasteiger partial charge >= 0.3 is 0 Å². The summed E-state index contributed by atoms with van der Waals surface area (Å²) in [6.45, 7) is 2.08. The van der Waals surface area contributed by atoms with Gasteiger partial charge in [-0.25, -0.2) is 0 Å². The van der Waals surface area contributed by atoms with Crippen molar-refractivity contribution in [1.82, 2.24) is 5.32 Å². The third-order valence-electron chi connectivity index (χ3n) is 2.69. The molecule has 5 heteroatoms. The van der Waals surface area contributed by atoms with Gasteiger partial charge in [0.1, 0.15) is 0 Å². The second-order valence-corrected chi connectivity index (χ2v) is 6.53. The minimum Gasteiger partial charge on any atom is -0.353 e. The first-order chi connectivity index (χ1) is 8.69. The van der Waals surface area contributed by atoms with E-state index in [9.17, 15) is 9.59 Å². The standard InChI is InChI=1S/C13H17NO2S2/c1-2-10-5-6-12(18-10)11(15)7-17-8-13(16)14-9-3-4-9/h5-6,9H,2-4,7-8H2,1H3,(H,14,16). The van der Waals surface area contributed by atoms with Gasteiger partial charge in [-0.2, -0.15) is 0 Å². The lowest BCUT2D eigenvalue weighted by molar-refractivity contribution is -0.118. The van der Waals surface area contributed by atoms with E-state index in [1.807, 2.05) is 12.1 Å². The van der Waals surface area contributed by atoms with E-state index in [1.165, 1.54) is 16.6 Å². The Morgan fingerprint density at radius 3 is 2.78 bits per heavy atom. The van der Waals surface area contributed by atoms with Crippen LogP contribution in [0, 0.1) is 0 Å². The molecule has 1 N–H and O–H groups in total. The Morgan fingerprint density at radius 1 is 1.39 bits per heavy atom. The minimum absolute atomic E-state index is 0.0516. The molecule has 1 amide bonds. The van der Waals surface area contributed by atoms with E-state index in [-0.39, 0.29) is 11.7 Å². The van der Waals surface area contributed by atoms with E-state index in [0.717, 1.165) is 24.1 Å². The van der Waals surface area contributed by atoms with Crippen molar-refractivity contribution in [2.45, 2.75) is 32.2 Å². The van der Waals surface area contributed by atoms with Gasteiger partial charge < -0.3 is 5.32 Å². The van der Waals surface area contributed by atoms with Gasteiger partial charge in [0.05, 0.1) is 16.4 Å². The zero-order valence-electron chi connectivity index (χ0n) is 10.4. The van der Waals surface area contributed by atoms with Gasteiger partial charge in [0, 0.05) is 10.9 Å². The molecule has 18 heavy (non-hydrogen) atoms. The second kappa shape index (κ2) is 6.38. The normalized spacial score (nSPS) is 14.5. The topological polar surface area (TPSA) is 46.2 Å². The number of nitrogens with one attached hydrogen (secondary N) is 1. The quantitative estimate of drug-likeness (QED) is 0.782. The van der Waals surface area contributed by atoms with Crippen molar-refractivity contribution in [2.75, 3.05) is 11.5 Å². The Morgan fingerprint density at radius 2 is 2.17 bits per heavy atom. The molecule has 1 aromatic heterocycles. The van der Waals surface area contributed by atoms with Gasteiger partial charge in [-0.15, -0.1) is 23.1 Å². The highest BCUT2D eigenvalue weighted by atomic mass is 32.2. The molecular formula is C13H17NO2S2. The number of carbonyl (C=O) groups is 2. The number of amides is 1. The minimum atomic E-state index is 0.0516. The first-order valence-corrected chi connectivity index (χ1v) is 8.15. The molecule has 1 aromatic rings. The molecule has 0 aromatic carbocycles. The van der Waals surface area contributed by atoms with Crippen molar-refractivity contribution >= 4 is 34.8 Å². The van der Waals surface area contributed by atoms with E-state index >= 15 is 0 Å². The van der Waals surface area contributed by atoms with Gasteiger partial charge in [0.15, 0.2) is 5.78 Å². The van der Waals surface area contributed by atoms with Gasteiger partial charge in [-0.05, 0) is 31.4 Å². The number of Topliss-reactive ketones (excluding diaryl/α,β-unsaturated/α-hetero) is 1. The fourth-order valence-corrected chi connectivity index (χ4v) is 3.21. The van der Waals surface area contributed by atoms with E-state index < -0.39 is 0 Å². The van der Waals surface area contributed by atoms with Crippen LogP contribution in [0.25, 0.3) is 0 Å². The van der Waals surface area contributed by atoms with Gasteiger partial charge in [-0.1, -0.05) is 6.92 Å². The van der Waals surface area contributed by atoms with Crippen LogP contribution < -0.4 is 5.32 Å². The molecule has 1 fully saturated rings. The fraction of sp³-hybridized carbons (Fsp3) is 0.538. The average molecular weight is 283 g/mol. The predicted molar refractivity (Wildman–Crippen MR) is 76.5 cm³/mol. The summed E-state index contributed by atoms with van der Waals surface area (Å²) < 4.78 is 0. The summed E-state index contributed by atoms with van der Waals surface area (Å²) in [5, 5.41) is 2.91. The summed E-state index contributed by atoms with van der Waals surface area (Å²) in [7, 11) is 0. The Kier molecular flexibility index (Phi) is 4.83. The number of thioether (sulfide) groups is 1. The first kappa shape index (κ1) is 13.6. The van der Waals surface area contributed by atoms with Crippen molar-refractivity contribution in [3.63, 3.8) is 0 Å². The lowest BCUT2D eigenvalue weighted by Gasteiger charge is -2.02. The summed E-state index contributed by atoms with van der Waals surface area (Å²) in [5.74, 6) is 0.954. The van der Waals surface area contributed by atoms with Crippen molar-refractivity contribution < 1.29 is 9.59 Å². The molecule has 1 aliphatic carbocycles. The van der Waals surface area contributed by atoms with Crippen molar-refractivity contribution in [3.05, 3.63) is 21.9 Å². The van der Waals surface area contributed by atoms with Crippen molar-refractivity contribution in [1.29, 1.82) is 0 Å². The molecule has 0 atom stereocenters. The molecule has 1 heterocycles. The van der Waals surface area contributed by atoms with Crippen LogP contribution in [0.1, 0.15) is 34.3 Å². The molecule has 0 aliphatic heterocycles. The molecule has 3 nitrogen and oxygen atoms in total. The average Bonchev–Trinajstić information content (AvgIpc) is 3.03. The number of carbonyl (C=O) groups excluding carboxylic acids is 2. The van der Waals surface area contributed by atoms with Gasteiger partial charge in [0.2, 0.25) is 5.91 Å². The SMILES string of the molecule is CCc1ccc(C(=O)CSCC(=O)NC2CC2)s1. The molecule has 1 saturated carbocycles. The number of hydrogen-bond acceptors (Lipinski definition) is 4. The predicted octanol–water partition coefficient (Wildman–Crippen LogP) is 2.51. The third kappa shape index (κ3) is 4.14. The van der Waals surface area contributed by atoms with Crippen molar-refractivity contribution in [3.8, 4) is 0 Å². The Bertz CT molecular complexity index is 438. The van der Waals surface area contributed by atoms with E-state index in [4.69, 9.17) is 0 Å². The summed E-state index contributed by atoms with van der Waals surface area (Å²) in [6, 6.07) is 4.29. The van der Waals surface area contributed by atoms with E-state index in [0.29, 0.717) is 17.5 Å². The lowest BCUT2D eigenvalue weighted by Crippen LogP contribution is -2.27. The van der Waals surface area contributed by atoms with Crippen molar-refractivity contribution in [2.24, 2.45) is 0 Å². The Balaban J connectivity index is 1.68. The van der Waals surface area contributed by atoms with Gasteiger partial charge in [-0.3, -0.25) is 9.59 Å². The highest BCUT2D eigenvalue weighted by molar-refractivity contribution is 8.00. The number of thiophene rings is 1. The molecule has 1 aliphatic rings. The molecule has 0 saturated heterocycles. The maximum absolute atomic E-state index is 11.8. The molecule has 0 bridgehead atoms. The number of rotatable bonds is 7. The zero-order chi connectivity index (χ0) is 13.0. The third-order valence-corrected chi connectivity index (χ3v) is 4.90. The molecule has 0 unspecified atom stereocenters. The number of aryl methyl sites for hydroxylation is 1. The van der Waals surface area contributed by atoms with Crippen LogP contribution >= 0.6 is 23.1 Å². The molecular weight excluding hydrogens is 266 g/mol.